The van der Waals surface area contributed by atoms with Gasteiger partial charge in [-0.05, 0) is 49.2 Å². The second kappa shape index (κ2) is 4.67. The molecule has 0 N–H and O–H groups in total. The van der Waals surface area contributed by atoms with Crippen LogP contribution < -0.4 is 4.57 Å². The normalized spacial score (nSPS) is 11.4. The Bertz CT molecular complexity index is 1010. The van der Waals surface area contributed by atoms with Crippen LogP contribution in [0.25, 0.3) is 27.9 Å². The Hall–Kier alpha value is -2.68. The van der Waals surface area contributed by atoms with E-state index >= 15 is 0 Å². The number of aromatic nitrogens is 3. The highest BCUT2D eigenvalue weighted by molar-refractivity contribution is 5.88. The molecular weight excluding hydrogens is 270 g/mol. The molecule has 108 valence electrons. The lowest BCUT2D eigenvalue weighted by Gasteiger charge is -2.06. The average Bonchev–Trinajstić information content (AvgIpc) is 2.90. The molecule has 0 aliphatic rings. The number of imidazole rings is 1. The fourth-order valence-electron chi connectivity index (χ4n) is 3.09. The molecule has 22 heavy (non-hydrogen) atoms. The molecule has 3 heterocycles. The van der Waals surface area contributed by atoms with E-state index in [-0.39, 0.29) is 0 Å². The first-order valence-corrected chi connectivity index (χ1v) is 7.48. The quantitative estimate of drug-likeness (QED) is 0.490. The lowest BCUT2D eigenvalue weighted by molar-refractivity contribution is -0.660. The molecule has 0 unspecified atom stereocenters. The number of pyridine rings is 2. The van der Waals surface area contributed by atoms with E-state index in [0.29, 0.717) is 0 Å². The minimum atomic E-state index is 0.992. The summed E-state index contributed by atoms with van der Waals surface area (Å²) in [5.41, 5.74) is 8.17. The van der Waals surface area contributed by atoms with Gasteiger partial charge < -0.3 is 0 Å². The van der Waals surface area contributed by atoms with E-state index in [1.807, 2.05) is 18.2 Å². The first kappa shape index (κ1) is 13.0. The van der Waals surface area contributed by atoms with E-state index in [2.05, 4.69) is 66.5 Å². The van der Waals surface area contributed by atoms with E-state index in [1.165, 1.54) is 22.4 Å². The number of nitrogens with zero attached hydrogens (tertiary/aromatic N) is 3. The first-order chi connectivity index (χ1) is 10.6. The van der Waals surface area contributed by atoms with Crippen molar-refractivity contribution in [2.45, 2.75) is 13.8 Å². The van der Waals surface area contributed by atoms with Crippen LogP contribution in [0.15, 0.2) is 54.9 Å². The third-order valence-electron chi connectivity index (χ3n) is 4.32. The molecule has 0 saturated heterocycles. The topological polar surface area (TPSA) is 21.2 Å². The van der Waals surface area contributed by atoms with Crippen molar-refractivity contribution in [3.05, 3.63) is 66.0 Å². The second-order valence-corrected chi connectivity index (χ2v) is 5.85. The molecule has 0 fully saturated rings. The van der Waals surface area contributed by atoms with Crippen LogP contribution in [0.4, 0.5) is 0 Å². The molecule has 0 saturated carbocycles. The van der Waals surface area contributed by atoms with Crippen molar-refractivity contribution in [1.82, 2.24) is 9.38 Å². The van der Waals surface area contributed by atoms with Crippen LogP contribution in [0, 0.1) is 13.8 Å². The number of rotatable bonds is 1. The molecule has 0 amide bonds. The van der Waals surface area contributed by atoms with Gasteiger partial charge in [0.25, 0.3) is 0 Å². The zero-order valence-electron chi connectivity index (χ0n) is 13.0. The lowest BCUT2D eigenvalue weighted by atomic mass is 10.0. The largest absolute Gasteiger partial charge is 0.300 e. The zero-order chi connectivity index (χ0) is 15.3. The van der Waals surface area contributed by atoms with Gasteiger partial charge in [-0.15, -0.1) is 0 Å². The second-order valence-electron chi connectivity index (χ2n) is 5.85. The van der Waals surface area contributed by atoms with Crippen molar-refractivity contribution in [2.75, 3.05) is 0 Å². The summed E-state index contributed by atoms with van der Waals surface area (Å²) in [6.45, 7) is 4.29. The van der Waals surface area contributed by atoms with Crippen LogP contribution >= 0.6 is 0 Å². The van der Waals surface area contributed by atoms with Crippen molar-refractivity contribution >= 4 is 16.7 Å². The van der Waals surface area contributed by atoms with Gasteiger partial charge in [0.15, 0.2) is 6.20 Å². The third kappa shape index (κ3) is 1.82. The van der Waals surface area contributed by atoms with Crippen molar-refractivity contribution in [2.24, 2.45) is 7.05 Å². The molecular formula is C19H18N3+. The molecule has 3 nitrogen and oxygen atoms in total. The minimum absolute atomic E-state index is 0.992. The van der Waals surface area contributed by atoms with Gasteiger partial charge >= 0.3 is 0 Å². The van der Waals surface area contributed by atoms with Crippen LogP contribution in [-0.4, -0.2) is 9.38 Å². The number of benzene rings is 1. The summed E-state index contributed by atoms with van der Waals surface area (Å²) >= 11 is 0. The van der Waals surface area contributed by atoms with E-state index in [0.717, 1.165) is 16.7 Å². The monoisotopic (exact) mass is 288 g/mol. The van der Waals surface area contributed by atoms with Gasteiger partial charge in [-0.1, -0.05) is 6.07 Å². The molecule has 0 bridgehead atoms. The van der Waals surface area contributed by atoms with Crippen LogP contribution in [0.1, 0.15) is 11.1 Å². The number of fused-ring (bicyclic) bond motifs is 3. The molecule has 0 atom stereocenters. The molecule has 4 aromatic rings. The maximum absolute atomic E-state index is 4.81. The van der Waals surface area contributed by atoms with Crippen molar-refractivity contribution < 1.29 is 4.57 Å². The van der Waals surface area contributed by atoms with Crippen LogP contribution in [0.3, 0.4) is 0 Å². The Kier molecular flexibility index (Phi) is 2.76. The van der Waals surface area contributed by atoms with Gasteiger partial charge in [-0.2, -0.15) is 0 Å². The molecule has 1 aromatic carbocycles. The smallest absolute Gasteiger partial charge is 0.212 e. The number of hydrogen-bond donors (Lipinski definition) is 0. The number of aryl methyl sites for hydroxylation is 3. The van der Waals surface area contributed by atoms with Crippen molar-refractivity contribution in [3.8, 4) is 11.3 Å². The standard InChI is InChI=1S/C19H18N3/c1-13-9-11-21(3)17(12-13)15-7-8-16-19(14(15)2)20-18-6-4-5-10-22(16)18/h4-12H,1-3H3/q+1. The fourth-order valence-corrected chi connectivity index (χ4v) is 3.09. The molecule has 3 heteroatoms. The van der Waals surface area contributed by atoms with Gasteiger partial charge in [-0.25, -0.2) is 9.55 Å². The first-order valence-electron chi connectivity index (χ1n) is 7.48. The Morgan fingerprint density at radius 3 is 2.77 bits per heavy atom. The Morgan fingerprint density at radius 2 is 1.91 bits per heavy atom. The van der Waals surface area contributed by atoms with E-state index in [9.17, 15) is 0 Å². The van der Waals surface area contributed by atoms with Crippen molar-refractivity contribution in [1.29, 1.82) is 0 Å². The van der Waals surface area contributed by atoms with E-state index in [1.54, 1.807) is 0 Å². The van der Waals surface area contributed by atoms with Gasteiger partial charge in [0, 0.05) is 18.3 Å². The van der Waals surface area contributed by atoms with Gasteiger partial charge in [0.05, 0.1) is 16.6 Å². The highest BCUT2D eigenvalue weighted by atomic mass is 15.0. The predicted molar refractivity (Wildman–Crippen MR) is 88.8 cm³/mol. The Morgan fingerprint density at radius 1 is 1.05 bits per heavy atom. The summed E-state index contributed by atoms with van der Waals surface area (Å²) in [7, 11) is 2.09. The van der Waals surface area contributed by atoms with Crippen LogP contribution in [-0.2, 0) is 7.05 Å². The molecule has 3 aromatic heterocycles. The maximum atomic E-state index is 4.81. The molecule has 0 spiro atoms. The van der Waals surface area contributed by atoms with Gasteiger partial charge in [-0.3, -0.25) is 4.40 Å². The van der Waals surface area contributed by atoms with E-state index in [4.69, 9.17) is 4.98 Å². The summed E-state index contributed by atoms with van der Waals surface area (Å²) < 4.78 is 4.30. The van der Waals surface area contributed by atoms with E-state index < -0.39 is 0 Å². The number of hydrogen-bond acceptors (Lipinski definition) is 1. The predicted octanol–water partition coefficient (Wildman–Crippen LogP) is 3.60. The third-order valence-corrected chi connectivity index (χ3v) is 4.32. The summed E-state index contributed by atoms with van der Waals surface area (Å²) in [6, 6.07) is 14.8. The summed E-state index contributed by atoms with van der Waals surface area (Å²) in [4.78, 5) is 4.81. The molecule has 0 aliphatic heterocycles. The highest BCUT2D eigenvalue weighted by Crippen LogP contribution is 2.28. The summed E-state index contributed by atoms with van der Waals surface area (Å²) in [6.07, 6.45) is 4.18. The van der Waals surface area contributed by atoms with Crippen molar-refractivity contribution in [3.63, 3.8) is 0 Å². The Labute approximate surface area is 129 Å². The lowest BCUT2D eigenvalue weighted by Crippen LogP contribution is -2.30. The zero-order valence-corrected chi connectivity index (χ0v) is 13.0. The Balaban J connectivity index is 2.06. The van der Waals surface area contributed by atoms with Crippen LogP contribution in [0.2, 0.25) is 0 Å². The van der Waals surface area contributed by atoms with Gasteiger partial charge in [0.1, 0.15) is 12.7 Å². The highest BCUT2D eigenvalue weighted by Gasteiger charge is 2.16. The summed E-state index contributed by atoms with van der Waals surface area (Å²) in [5, 5.41) is 0. The minimum Gasteiger partial charge on any atom is -0.300 e. The molecule has 4 rings (SSSR count). The molecule has 0 aliphatic carbocycles. The SMILES string of the molecule is Cc1cc[n+](C)c(-c2ccc3c(nc4ccccn43)c2C)c1. The van der Waals surface area contributed by atoms with Crippen LogP contribution in [0.5, 0.6) is 0 Å². The molecule has 0 radical (unpaired) electrons. The van der Waals surface area contributed by atoms with Gasteiger partial charge in [0.2, 0.25) is 5.69 Å². The average molecular weight is 288 g/mol. The fraction of sp³-hybridized carbons (Fsp3) is 0.158. The maximum Gasteiger partial charge on any atom is 0.212 e. The summed E-state index contributed by atoms with van der Waals surface area (Å²) in [5.74, 6) is 0.